The minimum absolute atomic E-state index is 0.0893. The first kappa shape index (κ1) is 11.1. The van der Waals surface area contributed by atoms with Gasteiger partial charge in [0, 0.05) is 11.3 Å². The van der Waals surface area contributed by atoms with Crippen LogP contribution in [-0.4, -0.2) is 16.6 Å². The van der Waals surface area contributed by atoms with E-state index in [-0.39, 0.29) is 12.5 Å². The number of amides is 1. The van der Waals surface area contributed by atoms with E-state index in [9.17, 15) is 4.79 Å². The third kappa shape index (κ3) is 1.94. The molecule has 1 aliphatic carbocycles. The number of para-hydroxylation sites is 1. The van der Waals surface area contributed by atoms with Crippen LogP contribution in [0.4, 0.5) is 5.69 Å². The Balaban J connectivity index is 2.11. The van der Waals surface area contributed by atoms with Crippen LogP contribution in [0.25, 0.3) is 0 Å². The summed E-state index contributed by atoms with van der Waals surface area (Å²) in [6.07, 6.45) is 2.48. The van der Waals surface area contributed by atoms with E-state index in [1.807, 2.05) is 12.1 Å². The number of aliphatic hydroxyl groups excluding tert-OH is 1. The average Bonchev–Trinajstić information content (AvgIpc) is 2.26. The maximum absolute atomic E-state index is 11.9. The fourth-order valence-corrected chi connectivity index (χ4v) is 1.81. The van der Waals surface area contributed by atoms with Crippen LogP contribution in [0.3, 0.4) is 0 Å². The molecule has 0 heterocycles. The Bertz CT molecular complexity index is 400. The van der Waals surface area contributed by atoms with E-state index >= 15 is 0 Å². The second-order valence-electron chi connectivity index (χ2n) is 4.28. The topological polar surface area (TPSA) is 75.4 Å². The molecule has 1 saturated carbocycles. The van der Waals surface area contributed by atoms with Crippen molar-refractivity contribution in [2.45, 2.75) is 31.4 Å². The molecule has 0 unspecified atom stereocenters. The number of aliphatic hydroxyl groups is 1. The third-order valence-corrected chi connectivity index (χ3v) is 3.13. The lowest BCUT2D eigenvalue weighted by Gasteiger charge is -2.36. The Kier molecular flexibility index (Phi) is 2.94. The van der Waals surface area contributed by atoms with Gasteiger partial charge >= 0.3 is 0 Å². The van der Waals surface area contributed by atoms with Gasteiger partial charge in [-0.05, 0) is 25.3 Å². The van der Waals surface area contributed by atoms with E-state index in [2.05, 4.69) is 5.32 Å². The molecule has 0 radical (unpaired) electrons. The van der Waals surface area contributed by atoms with Crippen molar-refractivity contribution in [2.24, 2.45) is 5.73 Å². The zero-order valence-corrected chi connectivity index (χ0v) is 9.07. The monoisotopic (exact) mass is 220 g/mol. The molecule has 0 atom stereocenters. The van der Waals surface area contributed by atoms with Gasteiger partial charge < -0.3 is 16.2 Å². The van der Waals surface area contributed by atoms with Crippen molar-refractivity contribution in [2.75, 3.05) is 5.32 Å². The smallest absolute Gasteiger partial charge is 0.244 e. The lowest BCUT2D eigenvalue weighted by Crippen LogP contribution is -2.56. The van der Waals surface area contributed by atoms with Crippen molar-refractivity contribution in [3.8, 4) is 0 Å². The van der Waals surface area contributed by atoms with Gasteiger partial charge in [0.1, 0.15) is 0 Å². The van der Waals surface area contributed by atoms with E-state index in [0.29, 0.717) is 11.3 Å². The predicted octanol–water partition coefficient (Wildman–Crippen LogP) is 0.999. The maximum Gasteiger partial charge on any atom is 0.244 e. The number of anilines is 1. The number of hydrogen-bond acceptors (Lipinski definition) is 3. The molecule has 1 fully saturated rings. The molecule has 86 valence electrons. The van der Waals surface area contributed by atoms with Gasteiger partial charge in [0.25, 0.3) is 0 Å². The molecule has 1 amide bonds. The van der Waals surface area contributed by atoms with Crippen LogP contribution >= 0.6 is 0 Å². The second-order valence-corrected chi connectivity index (χ2v) is 4.28. The zero-order valence-electron chi connectivity index (χ0n) is 9.07. The minimum atomic E-state index is -0.706. The lowest BCUT2D eigenvalue weighted by molar-refractivity contribution is -0.123. The Morgan fingerprint density at radius 3 is 2.69 bits per heavy atom. The predicted molar refractivity (Wildman–Crippen MR) is 61.8 cm³/mol. The van der Waals surface area contributed by atoms with Crippen LogP contribution in [0.1, 0.15) is 24.8 Å². The first-order valence-corrected chi connectivity index (χ1v) is 5.45. The van der Waals surface area contributed by atoms with Gasteiger partial charge in [-0.15, -0.1) is 0 Å². The Morgan fingerprint density at radius 2 is 2.12 bits per heavy atom. The fourth-order valence-electron chi connectivity index (χ4n) is 1.81. The van der Waals surface area contributed by atoms with E-state index in [1.54, 1.807) is 12.1 Å². The van der Waals surface area contributed by atoms with E-state index in [1.165, 1.54) is 0 Å². The van der Waals surface area contributed by atoms with Gasteiger partial charge in [0.05, 0.1) is 12.1 Å². The summed E-state index contributed by atoms with van der Waals surface area (Å²) in [4.78, 5) is 11.9. The highest BCUT2D eigenvalue weighted by Crippen LogP contribution is 2.30. The molecule has 1 aliphatic rings. The maximum atomic E-state index is 11.9. The number of nitrogens with two attached hydrogens (primary N) is 1. The highest BCUT2D eigenvalue weighted by molar-refractivity contribution is 5.99. The second kappa shape index (κ2) is 4.23. The number of hydrogen-bond donors (Lipinski definition) is 3. The molecule has 0 saturated heterocycles. The van der Waals surface area contributed by atoms with Crippen molar-refractivity contribution >= 4 is 11.6 Å². The summed E-state index contributed by atoms with van der Waals surface area (Å²) >= 11 is 0. The van der Waals surface area contributed by atoms with Crippen molar-refractivity contribution in [3.05, 3.63) is 29.8 Å². The normalized spacial score (nSPS) is 17.6. The van der Waals surface area contributed by atoms with Crippen LogP contribution in [0.15, 0.2) is 24.3 Å². The molecule has 4 nitrogen and oxygen atoms in total. The largest absolute Gasteiger partial charge is 0.392 e. The summed E-state index contributed by atoms with van der Waals surface area (Å²) in [6, 6.07) is 7.19. The van der Waals surface area contributed by atoms with Crippen molar-refractivity contribution < 1.29 is 9.90 Å². The summed E-state index contributed by atoms with van der Waals surface area (Å²) < 4.78 is 0. The van der Waals surface area contributed by atoms with E-state index in [4.69, 9.17) is 10.8 Å². The standard InChI is InChI=1S/C12H16N2O2/c13-12(6-3-7-12)11(16)14-10-5-2-1-4-9(10)8-15/h1-2,4-5,15H,3,6-8,13H2,(H,14,16). The molecule has 1 aromatic carbocycles. The number of carbonyl (C=O) groups is 1. The van der Waals surface area contributed by atoms with Gasteiger partial charge in [-0.1, -0.05) is 18.2 Å². The first-order valence-electron chi connectivity index (χ1n) is 5.45. The Labute approximate surface area is 94.5 Å². The summed E-state index contributed by atoms with van der Waals surface area (Å²) in [5, 5.41) is 11.9. The van der Waals surface area contributed by atoms with Crippen LogP contribution in [-0.2, 0) is 11.4 Å². The van der Waals surface area contributed by atoms with Crippen LogP contribution in [0.2, 0.25) is 0 Å². The SMILES string of the molecule is NC1(C(=O)Nc2ccccc2CO)CCC1. The molecular formula is C12H16N2O2. The Hall–Kier alpha value is -1.39. The number of benzene rings is 1. The molecular weight excluding hydrogens is 204 g/mol. The Morgan fingerprint density at radius 1 is 1.44 bits per heavy atom. The summed E-state index contributed by atoms with van der Waals surface area (Å²) in [6.45, 7) is -0.0893. The van der Waals surface area contributed by atoms with E-state index in [0.717, 1.165) is 19.3 Å². The zero-order chi connectivity index (χ0) is 11.6. The van der Waals surface area contributed by atoms with Crippen LogP contribution < -0.4 is 11.1 Å². The van der Waals surface area contributed by atoms with Crippen molar-refractivity contribution in [1.82, 2.24) is 0 Å². The van der Waals surface area contributed by atoms with E-state index < -0.39 is 5.54 Å². The molecule has 0 aromatic heterocycles. The third-order valence-electron chi connectivity index (χ3n) is 3.13. The molecule has 0 spiro atoms. The number of rotatable bonds is 3. The molecule has 16 heavy (non-hydrogen) atoms. The molecule has 4 heteroatoms. The lowest BCUT2D eigenvalue weighted by atomic mass is 9.77. The highest BCUT2D eigenvalue weighted by Gasteiger charge is 2.40. The van der Waals surface area contributed by atoms with Gasteiger partial charge in [0.15, 0.2) is 0 Å². The number of nitrogens with one attached hydrogen (secondary N) is 1. The summed E-state index contributed by atoms with van der Waals surface area (Å²) in [5.41, 5.74) is 6.56. The number of carbonyl (C=O) groups excluding carboxylic acids is 1. The van der Waals surface area contributed by atoms with Crippen LogP contribution in [0.5, 0.6) is 0 Å². The van der Waals surface area contributed by atoms with Crippen molar-refractivity contribution in [1.29, 1.82) is 0 Å². The average molecular weight is 220 g/mol. The first-order chi connectivity index (χ1) is 7.65. The molecule has 4 N–H and O–H groups in total. The summed E-state index contributed by atoms with van der Waals surface area (Å²) in [7, 11) is 0. The van der Waals surface area contributed by atoms with Gasteiger partial charge in [-0.2, -0.15) is 0 Å². The quantitative estimate of drug-likeness (QED) is 0.711. The summed E-state index contributed by atoms with van der Waals surface area (Å²) in [5.74, 6) is -0.153. The molecule has 2 rings (SSSR count). The molecule has 0 bridgehead atoms. The van der Waals surface area contributed by atoms with Gasteiger partial charge in [-0.3, -0.25) is 4.79 Å². The van der Waals surface area contributed by atoms with Crippen molar-refractivity contribution in [3.63, 3.8) is 0 Å². The molecule has 0 aliphatic heterocycles. The molecule has 1 aromatic rings. The minimum Gasteiger partial charge on any atom is -0.392 e. The van der Waals surface area contributed by atoms with Crippen LogP contribution in [0, 0.1) is 0 Å². The fraction of sp³-hybridized carbons (Fsp3) is 0.417. The van der Waals surface area contributed by atoms with Gasteiger partial charge in [-0.25, -0.2) is 0 Å². The highest BCUT2D eigenvalue weighted by atomic mass is 16.3. The van der Waals surface area contributed by atoms with Gasteiger partial charge in [0.2, 0.25) is 5.91 Å².